The molecule has 16 heavy (non-hydrogen) atoms. The summed E-state index contributed by atoms with van der Waals surface area (Å²) in [5.74, 6) is 0. The van der Waals surface area contributed by atoms with Crippen LogP contribution >= 0.6 is 0 Å². The number of hydrogen-bond acceptors (Lipinski definition) is 2. The third kappa shape index (κ3) is 4.14. The Bertz CT molecular complexity index is 298. The van der Waals surface area contributed by atoms with E-state index >= 15 is 0 Å². The molecule has 0 radical (unpaired) electrons. The fourth-order valence-corrected chi connectivity index (χ4v) is 1.45. The summed E-state index contributed by atoms with van der Waals surface area (Å²) in [5, 5.41) is 3.21. The lowest BCUT2D eigenvalue weighted by molar-refractivity contribution is 0.156. The Hall–Kier alpha value is -1.16. The van der Waals surface area contributed by atoms with Crippen LogP contribution in [0.25, 0.3) is 0 Å². The molecule has 0 saturated carbocycles. The molecule has 0 fully saturated rings. The highest BCUT2D eigenvalue weighted by molar-refractivity contribution is 5.46. The van der Waals surface area contributed by atoms with E-state index in [-0.39, 0.29) is 6.54 Å². The Morgan fingerprint density at radius 2 is 1.88 bits per heavy atom. The van der Waals surface area contributed by atoms with Gasteiger partial charge in [-0.15, -0.1) is 0 Å². The predicted molar refractivity (Wildman–Crippen MR) is 63.1 cm³/mol. The number of nitrogens with one attached hydrogen (secondary N) is 1. The molecule has 0 atom stereocenters. The van der Waals surface area contributed by atoms with Gasteiger partial charge in [-0.05, 0) is 24.2 Å². The molecular formula is C12H18F2N2. The van der Waals surface area contributed by atoms with Gasteiger partial charge in [-0.3, -0.25) is 0 Å². The second-order valence-corrected chi connectivity index (χ2v) is 3.72. The molecule has 1 rings (SSSR count). The van der Waals surface area contributed by atoms with Crippen LogP contribution in [0.1, 0.15) is 12.5 Å². The molecule has 0 heterocycles. The van der Waals surface area contributed by atoms with Crippen molar-refractivity contribution in [2.45, 2.75) is 19.9 Å². The van der Waals surface area contributed by atoms with Crippen LogP contribution in [0.4, 0.5) is 14.5 Å². The molecule has 0 aliphatic heterocycles. The molecule has 0 amide bonds. The van der Waals surface area contributed by atoms with Crippen LogP contribution < -0.4 is 10.2 Å². The van der Waals surface area contributed by atoms with Gasteiger partial charge in [-0.2, -0.15) is 0 Å². The Morgan fingerprint density at radius 3 is 2.38 bits per heavy atom. The average molecular weight is 228 g/mol. The molecule has 2 nitrogen and oxygen atoms in total. The average Bonchev–Trinajstić information content (AvgIpc) is 2.26. The lowest BCUT2D eigenvalue weighted by Crippen LogP contribution is -2.23. The van der Waals surface area contributed by atoms with E-state index in [1.165, 1.54) is 0 Å². The van der Waals surface area contributed by atoms with Gasteiger partial charge < -0.3 is 10.2 Å². The van der Waals surface area contributed by atoms with Gasteiger partial charge >= 0.3 is 0 Å². The molecule has 4 heteroatoms. The van der Waals surface area contributed by atoms with Crippen LogP contribution in [0.5, 0.6) is 0 Å². The van der Waals surface area contributed by atoms with Gasteiger partial charge in [-0.25, -0.2) is 8.78 Å². The third-order valence-electron chi connectivity index (χ3n) is 2.37. The lowest BCUT2D eigenvalue weighted by atomic mass is 10.2. The largest absolute Gasteiger partial charge is 0.369 e. The fourth-order valence-electron chi connectivity index (χ4n) is 1.45. The zero-order chi connectivity index (χ0) is 12.0. The SMILES string of the molecule is CCNCc1ccc(N(C)CC(F)F)cc1. The first kappa shape index (κ1) is 12.9. The number of halogens is 2. The van der Waals surface area contributed by atoms with Crippen molar-refractivity contribution in [3.8, 4) is 0 Å². The van der Waals surface area contributed by atoms with Gasteiger partial charge in [0.1, 0.15) is 0 Å². The monoisotopic (exact) mass is 228 g/mol. The standard InChI is InChI=1S/C12H18F2N2/c1-3-15-8-10-4-6-11(7-5-10)16(2)9-12(13)14/h4-7,12,15H,3,8-9H2,1-2H3. The second kappa shape index (κ2) is 6.43. The van der Waals surface area contributed by atoms with E-state index in [1.54, 1.807) is 11.9 Å². The van der Waals surface area contributed by atoms with Crippen LogP contribution in [0.15, 0.2) is 24.3 Å². The highest BCUT2D eigenvalue weighted by Gasteiger charge is 2.07. The Labute approximate surface area is 95.3 Å². The van der Waals surface area contributed by atoms with E-state index in [9.17, 15) is 8.78 Å². The summed E-state index contributed by atoms with van der Waals surface area (Å²) in [6, 6.07) is 7.66. The van der Waals surface area contributed by atoms with E-state index in [2.05, 4.69) is 5.32 Å². The first-order chi connectivity index (χ1) is 7.63. The van der Waals surface area contributed by atoms with E-state index in [4.69, 9.17) is 0 Å². The van der Waals surface area contributed by atoms with E-state index in [1.807, 2.05) is 31.2 Å². The Balaban J connectivity index is 2.56. The number of anilines is 1. The van der Waals surface area contributed by atoms with Crippen molar-refractivity contribution < 1.29 is 8.78 Å². The number of alkyl halides is 2. The zero-order valence-electron chi connectivity index (χ0n) is 9.71. The molecule has 0 saturated heterocycles. The van der Waals surface area contributed by atoms with Crippen molar-refractivity contribution in [3.63, 3.8) is 0 Å². The smallest absolute Gasteiger partial charge is 0.255 e. The summed E-state index contributed by atoms with van der Waals surface area (Å²) in [5.41, 5.74) is 1.98. The number of nitrogens with zero attached hydrogens (tertiary/aromatic N) is 1. The molecule has 0 spiro atoms. The number of hydrogen-bond donors (Lipinski definition) is 1. The van der Waals surface area contributed by atoms with Crippen LogP contribution in [-0.4, -0.2) is 26.6 Å². The zero-order valence-corrected chi connectivity index (χ0v) is 9.71. The van der Waals surface area contributed by atoms with Crippen molar-refractivity contribution in [1.82, 2.24) is 5.32 Å². The predicted octanol–water partition coefficient (Wildman–Crippen LogP) is 2.50. The van der Waals surface area contributed by atoms with Gasteiger partial charge in [0, 0.05) is 19.3 Å². The van der Waals surface area contributed by atoms with Crippen molar-refractivity contribution in [1.29, 1.82) is 0 Å². The highest BCUT2D eigenvalue weighted by Crippen LogP contribution is 2.14. The molecule has 0 bridgehead atoms. The first-order valence-corrected chi connectivity index (χ1v) is 5.42. The molecule has 0 aromatic heterocycles. The first-order valence-electron chi connectivity index (χ1n) is 5.42. The highest BCUT2D eigenvalue weighted by atomic mass is 19.3. The quantitative estimate of drug-likeness (QED) is 0.804. The molecule has 1 N–H and O–H groups in total. The summed E-state index contributed by atoms with van der Waals surface area (Å²) in [6.07, 6.45) is -2.30. The minimum absolute atomic E-state index is 0.230. The van der Waals surface area contributed by atoms with E-state index in [0.717, 1.165) is 24.3 Å². The maximum Gasteiger partial charge on any atom is 0.255 e. The number of benzene rings is 1. The van der Waals surface area contributed by atoms with Crippen LogP contribution in [0.3, 0.4) is 0 Å². The lowest BCUT2D eigenvalue weighted by Gasteiger charge is -2.18. The van der Waals surface area contributed by atoms with Gasteiger partial charge in [0.05, 0.1) is 6.54 Å². The second-order valence-electron chi connectivity index (χ2n) is 3.72. The Kier molecular flexibility index (Phi) is 5.19. The minimum Gasteiger partial charge on any atom is -0.369 e. The molecule has 0 aliphatic rings. The number of rotatable bonds is 6. The summed E-state index contributed by atoms with van der Waals surface area (Å²) >= 11 is 0. The molecular weight excluding hydrogens is 210 g/mol. The summed E-state index contributed by atoms with van der Waals surface area (Å²) in [7, 11) is 1.67. The summed E-state index contributed by atoms with van der Waals surface area (Å²) < 4.78 is 24.3. The van der Waals surface area contributed by atoms with Gasteiger partial charge in [0.2, 0.25) is 0 Å². The maximum atomic E-state index is 12.2. The van der Waals surface area contributed by atoms with Gasteiger partial charge in [-0.1, -0.05) is 19.1 Å². The van der Waals surface area contributed by atoms with Crippen LogP contribution in [0, 0.1) is 0 Å². The molecule has 90 valence electrons. The van der Waals surface area contributed by atoms with Crippen molar-refractivity contribution in [2.24, 2.45) is 0 Å². The van der Waals surface area contributed by atoms with E-state index in [0.29, 0.717) is 0 Å². The minimum atomic E-state index is -2.30. The maximum absolute atomic E-state index is 12.2. The van der Waals surface area contributed by atoms with Gasteiger partial charge in [0.25, 0.3) is 6.43 Å². The third-order valence-corrected chi connectivity index (χ3v) is 2.37. The Morgan fingerprint density at radius 1 is 1.25 bits per heavy atom. The topological polar surface area (TPSA) is 15.3 Å². The molecule has 1 aromatic carbocycles. The van der Waals surface area contributed by atoms with Crippen molar-refractivity contribution in [2.75, 3.05) is 25.0 Å². The molecule has 1 aromatic rings. The van der Waals surface area contributed by atoms with Gasteiger partial charge in [0.15, 0.2) is 0 Å². The van der Waals surface area contributed by atoms with E-state index < -0.39 is 6.43 Å². The summed E-state index contributed by atoms with van der Waals surface area (Å²) in [6.45, 7) is 3.56. The fraction of sp³-hybridized carbons (Fsp3) is 0.500. The summed E-state index contributed by atoms with van der Waals surface area (Å²) in [4.78, 5) is 1.56. The van der Waals surface area contributed by atoms with Crippen molar-refractivity contribution >= 4 is 5.69 Å². The van der Waals surface area contributed by atoms with Crippen molar-refractivity contribution in [3.05, 3.63) is 29.8 Å². The molecule has 0 aliphatic carbocycles. The normalized spacial score (nSPS) is 10.8. The van der Waals surface area contributed by atoms with Crippen LogP contribution in [-0.2, 0) is 6.54 Å². The van der Waals surface area contributed by atoms with Crippen LogP contribution in [0.2, 0.25) is 0 Å². The molecule has 0 unspecified atom stereocenters.